The van der Waals surface area contributed by atoms with Crippen LogP contribution in [-0.4, -0.2) is 52.8 Å². The van der Waals surface area contributed by atoms with E-state index in [1.165, 1.54) is 7.11 Å². The molecule has 0 saturated carbocycles. The summed E-state index contributed by atoms with van der Waals surface area (Å²) in [4.78, 5) is 39.5. The Morgan fingerprint density at radius 3 is 2.52 bits per heavy atom. The maximum Gasteiger partial charge on any atom is 0.407 e. The van der Waals surface area contributed by atoms with Gasteiger partial charge in [0.2, 0.25) is 5.91 Å². The van der Waals surface area contributed by atoms with Crippen LogP contribution in [-0.2, 0) is 32.5 Å². The first kappa shape index (κ1) is 20.5. The average Bonchev–Trinajstić information content (AvgIpc) is 2.89. The van der Waals surface area contributed by atoms with E-state index >= 15 is 0 Å². The van der Waals surface area contributed by atoms with Crippen molar-refractivity contribution in [2.24, 2.45) is 7.05 Å². The van der Waals surface area contributed by atoms with Gasteiger partial charge < -0.3 is 24.7 Å². The van der Waals surface area contributed by atoms with Gasteiger partial charge in [-0.1, -0.05) is 0 Å². The predicted octanol–water partition coefficient (Wildman–Crippen LogP) is 0.535. The molecule has 9 heteroatoms. The Hall–Kier alpha value is -2.58. The topological polar surface area (TPSA) is 112 Å². The van der Waals surface area contributed by atoms with Crippen molar-refractivity contribution >= 4 is 18.0 Å². The number of carbonyl (C=O) groups excluding carboxylic acids is 3. The number of carbonyl (C=O) groups is 3. The van der Waals surface area contributed by atoms with Crippen LogP contribution in [0.15, 0.2) is 12.5 Å². The summed E-state index contributed by atoms with van der Waals surface area (Å²) in [5.41, 5.74) is 0.0513. The second-order valence-electron chi connectivity index (χ2n) is 6.56. The highest BCUT2D eigenvalue weighted by atomic mass is 16.6. The average molecular weight is 354 g/mol. The number of hydrogen-bond donors (Lipinski definition) is 2. The summed E-state index contributed by atoms with van der Waals surface area (Å²) in [6.07, 6.45) is 2.99. The third-order valence-electron chi connectivity index (χ3n) is 3.01. The number of imidazole rings is 1. The number of methoxy groups -OCH3 is 1. The number of ether oxygens (including phenoxy) is 2. The smallest absolute Gasteiger partial charge is 0.407 e. The lowest BCUT2D eigenvalue weighted by Gasteiger charge is -2.20. The van der Waals surface area contributed by atoms with Gasteiger partial charge in [0.25, 0.3) is 0 Å². The number of hydrogen-bond acceptors (Lipinski definition) is 6. The molecule has 0 fully saturated rings. The fraction of sp³-hybridized carbons (Fsp3) is 0.625. The van der Waals surface area contributed by atoms with Crippen LogP contribution in [0.4, 0.5) is 4.79 Å². The number of rotatable bonds is 7. The normalized spacial score (nSPS) is 12.2. The van der Waals surface area contributed by atoms with Crippen molar-refractivity contribution in [2.75, 3.05) is 13.7 Å². The SMILES string of the molecule is COC(=O)[C@H](Cc1cn(C)cn1)NC(=O)CCNC(=O)OC(C)(C)C. The molecule has 0 unspecified atom stereocenters. The largest absolute Gasteiger partial charge is 0.467 e. The van der Waals surface area contributed by atoms with E-state index in [4.69, 9.17) is 9.47 Å². The Morgan fingerprint density at radius 1 is 1.32 bits per heavy atom. The first-order valence-corrected chi connectivity index (χ1v) is 7.91. The molecule has 0 aromatic carbocycles. The van der Waals surface area contributed by atoms with Gasteiger partial charge in [-0.3, -0.25) is 4.79 Å². The van der Waals surface area contributed by atoms with Crippen molar-refractivity contribution in [3.63, 3.8) is 0 Å². The molecule has 0 aliphatic heterocycles. The zero-order valence-electron chi connectivity index (χ0n) is 15.3. The molecule has 0 bridgehead atoms. The highest BCUT2D eigenvalue weighted by Gasteiger charge is 2.23. The lowest BCUT2D eigenvalue weighted by molar-refractivity contribution is -0.145. The summed E-state index contributed by atoms with van der Waals surface area (Å²) < 4.78 is 11.5. The van der Waals surface area contributed by atoms with Crippen LogP contribution in [0.5, 0.6) is 0 Å². The minimum absolute atomic E-state index is 0.00888. The maximum atomic E-state index is 12.0. The van der Waals surface area contributed by atoms with Crippen molar-refractivity contribution in [2.45, 2.75) is 45.3 Å². The molecule has 0 aliphatic rings. The lowest BCUT2D eigenvalue weighted by Crippen LogP contribution is -2.44. The summed E-state index contributed by atoms with van der Waals surface area (Å²) in [5, 5.41) is 5.08. The zero-order chi connectivity index (χ0) is 19.0. The van der Waals surface area contributed by atoms with Crippen molar-refractivity contribution in [3.05, 3.63) is 18.2 Å². The van der Waals surface area contributed by atoms with Crippen LogP contribution >= 0.6 is 0 Å². The van der Waals surface area contributed by atoms with E-state index in [1.54, 1.807) is 37.9 Å². The third-order valence-corrected chi connectivity index (χ3v) is 3.01. The second-order valence-corrected chi connectivity index (χ2v) is 6.56. The van der Waals surface area contributed by atoms with E-state index in [0.29, 0.717) is 5.69 Å². The summed E-state index contributed by atoms with van der Waals surface area (Å²) in [5.74, 6) is -0.943. The molecule has 1 aromatic rings. The maximum absolute atomic E-state index is 12.0. The molecule has 1 atom stereocenters. The van der Waals surface area contributed by atoms with Crippen molar-refractivity contribution in [1.82, 2.24) is 20.2 Å². The predicted molar refractivity (Wildman–Crippen MR) is 89.7 cm³/mol. The quantitative estimate of drug-likeness (QED) is 0.691. The fourth-order valence-electron chi connectivity index (χ4n) is 1.98. The van der Waals surface area contributed by atoms with Crippen molar-refractivity contribution < 1.29 is 23.9 Å². The molecule has 0 spiro atoms. The highest BCUT2D eigenvalue weighted by molar-refractivity contribution is 5.84. The summed E-state index contributed by atoms with van der Waals surface area (Å²) in [7, 11) is 3.06. The first-order valence-electron chi connectivity index (χ1n) is 7.91. The van der Waals surface area contributed by atoms with E-state index in [9.17, 15) is 14.4 Å². The van der Waals surface area contributed by atoms with Gasteiger partial charge in [0, 0.05) is 32.6 Å². The minimum atomic E-state index is -0.839. The third kappa shape index (κ3) is 8.18. The number of nitrogens with zero attached hydrogens (tertiary/aromatic N) is 2. The Bertz CT molecular complexity index is 606. The van der Waals surface area contributed by atoms with Gasteiger partial charge >= 0.3 is 12.1 Å². The van der Waals surface area contributed by atoms with Gasteiger partial charge in [-0.15, -0.1) is 0 Å². The van der Waals surface area contributed by atoms with Crippen molar-refractivity contribution in [1.29, 1.82) is 0 Å². The minimum Gasteiger partial charge on any atom is -0.467 e. The Kier molecular flexibility index (Phi) is 7.41. The molecule has 1 aromatic heterocycles. The van der Waals surface area contributed by atoms with Gasteiger partial charge in [0.1, 0.15) is 11.6 Å². The molecule has 0 aliphatic carbocycles. The monoisotopic (exact) mass is 354 g/mol. The molecule has 0 saturated heterocycles. The van der Waals surface area contributed by atoms with Crippen LogP contribution < -0.4 is 10.6 Å². The molecular weight excluding hydrogens is 328 g/mol. The Balaban J connectivity index is 2.47. The van der Waals surface area contributed by atoms with Crippen LogP contribution in [0, 0.1) is 0 Å². The van der Waals surface area contributed by atoms with Gasteiger partial charge in [-0.25, -0.2) is 14.6 Å². The molecule has 0 radical (unpaired) electrons. The van der Waals surface area contributed by atoms with E-state index in [1.807, 2.05) is 7.05 Å². The number of nitrogens with one attached hydrogen (secondary N) is 2. The van der Waals surface area contributed by atoms with Crippen LogP contribution in [0.3, 0.4) is 0 Å². The van der Waals surface area contributed by atoms with Crippen LogP contribution in [0.1, 0.15) is 32.9 Å². The summed E-state index contributed by atoms with van der Waals surface area (Å²) in [6.45, 7) is 5.34. The number of esters is 1. The van der Waals surface area contributed by atoms with Gasteiger partial charge in [-0.05, 0) is 20.8 Å². The molecule has 2 N–H and O–H groups in total. The standard InChI is InChI=1S/C16H26N4O5/c1-16(2,3)25-15(23)17-7-6-13(21)19-12(14(22)24-5)8-11-9-20(4)10-18-11/h9-10,12H,6-8H2,1-5H3,(H,17,23)(H,19,21)/t12-/m0/s1. The van der Waals surface area contributed by atoms with E-state index < -0.39 is 23.7 Å². The van der Waals surface area contributed by atoms with Gasteiger partial charge in [-0.2, -0.15) is 0 Å². The second kappa shape index (κ2) is 9.05. The number of aryl methyl sites for hydroxylation is 1. The van der Waals surface area contributed by atoms with Crippen molar-refractivity contribution in [3.8, 4) is 0 Å². The molecule has 2 amide bonds. The Labute approximate surface area is 147 Å². The molecule has 140 valence electrons. The van der Waals surface area contributed by atoms with Gasteiger partial charge in [0.05, 0.1) is 19.1 Å². The molecule has 9 nitrogen and oxygen atoms in total. The highest BCUT2D eigenvalue weighted by Crippen LogP contribution is 2.06. The van der Waals surface area contributed by atoms with E-state index in [0.717, 1.165) is 0 Å². The molecular formula is C16H26N4O5. The molecule has 1 rings (SSSR count). The summed E-state index contributed by atoms with van der Waals surface area (Å²) in [6, 6.07) is -0.839. The fourth-order valence-corrected chi connectivity index (χ4v) is 1.98. The molecule has 25 heavy (non-hydrogen) atoms. The van der Waals surface area contributed by atoms with Crippen LogP contribution in [0.25, 0.3) is 0 Å². The van der Waals surface area contributed by atoms with Gasteiger partial charge in [0.15, 0.2) is 0 Å². The number of aromatic nitrogens is 2. The molecule has 1 heterocycles. The number of alkyl carbamates (subject to hydrolysis) is 1. The summed E-state index contributed by atoms with van der Waals surface area (Å²) >= 11 is 0. The lowest BCUT2D eigenvalue weighted by atomic mass is 10.1. The van der Waals surface area contributed by atoms with E-state index in [2.05, 4.69) is 15.6 Å². The van der Waals surface area contributed by atoms with Crippen LogP contribution in [0.2, 0.25) is 0 Å². The first-order chi connectivity index (χ1) is 11.6. The Morgan fingerprint density at radius 2 is 2.00 bits per heavy atom. The van der Waals surface area contributed by atoms with E-state index in [-0.39, 0.29) is 25.3 Å². The zero-order valence-corrected chi connectivity index (χ0v) is 15.3. The number of amides is 2.